The van der Waals surface area contributed by atoms with Gasteiger partial charge in [0, 0.05) is 31.5 Å². The van der Waals surface area contributed by atoms with E-state index in [1.165, 1.54) is 32.5 Å². The molecule has 4 bridgehead atoms. The Balaban J connectivity index is 0.000000735. The molecule has 1 saturated carbocycles. The number of aromatic nitrogens is 1. The molecule has 0 aromatic carbocycles. The third-order valence-electron chi connectivity index (χ3n) is 4.73. The van der Waals surface area contributed by atoms with Crippen molar-refractivity contribution in [2.24, 2.45) is 17.8 Å². The zero-order chi connectivity index (χ0) is 12.1. The van der Waals surface area contributed by atoms with Gasteiger partial charge in [0.25, 0.3) is 0 Å². The van der Waals surface area contributed by atoms with Crippen LogP contribution in [0.15, 0.2) is 18.3 Å². The third-order valence-corrected chi connectivity index (χ3v) is 4.73. The zero-order valence-electron chi connectivity index (χ0n) is 11.3. The molecule has 20 heavy (non-hydrogen) atoms. The first-order valence-electron chi connectivity index (χ1n) is 6.88. The van der Waals surface area contributed by atoms with Crippen LogP contribution in [0.2, 0.25) is 0 Å². The largest absolute Gasteiger partial charge is 0.488 e. The predicted octanol–water partition coefficient (Wildman–Crippen LogP) is 2.23. The summed E-state index contributed by atoms with van der Waals surface area (Å²) in [5, 5.41) is 0. The lowest BCUT2D eigenvalue weighted by Crippen LogP contribution is -2.61. The SMILES string of the molecule is Cl.Cl.Nc1ccc(OC2[C@@H]3CC4C[C@@H]2CN(C4)C3)cn1. The van der Waals surface area contributed by atoms with Crippen molar-refractivity contribution in [1.29, 1.82) is 0 Å². The van der Waals surface area contributed by atoms with Crippen molar-refractivity contribution in [2.75, 3.05) is 25.4 Å². The number of pyridine rings is 1. The molecule has 0 spiro atoms. The number of anilines is 1. The van der Waals surface area contributed by atoms with Gasteiger partial charge in [-0.25, -0.2) is 4.98 Å². The van der Waals surface area contributed by atoms with Crippen molar-refractivity contribution in [2.45, 2.75) is 18.9 Å². The predicted molar refractivity (Wildman–Crippen MR) is 83.7 cm³/mol. The molecule has 1 aromatic rings. The maximum Gasteiger partial charge on any atom is 0.138 e. The third kappa shape index (κ3) is 2.69. The first-order valence-corrected chi connectivity index (χ1v) is 6.88. The maximum atomic E-state index is 6.20. The second kappa shape index (κ2) is 5.96. The van der Waals surface area contributed by atoms with Gasteiger partial charge in [-0.15, -0.1) is 24.8 Å². The molecule has 1 aliphatic carbocycles. The summed E-state index contributed by atoms with van der Waals surface area (Å²) in [4.78, 5) is 6.72. The van der Waals surface area contributed by atoms with Crippen molar-refractivity contribution in [3.63, 3.8) is 0 Å². The number of halogens is 2. The van der Waals surface area contributed by atoms with E-state index in [0.717, 1.165) is 11.7 Å². The van der Waals surface area contributed by atoms with E-state index in [-0.39, 0.29) is 24.8 Å². The summed E-state index contributed by atoms with van der Waals surface area (Å²) >= 11 is 0. The van der Waals surface area contributed by atoms with Gasteiger partial charge in [0.2, 0.25) is 0 Å². The van der Waals surface area contributed by atoms with Crippen molar-refractivity contribution < 1.29 is 4.74 Å². The molecular formula is C14H21Cl2N3O. The lowest BCUT2D eigenvalue weighted by atomic mass is 9.66. The second-order valence-electron chi connectivity index (χ2n) is 6.08. The molecular weight excluding hydrogens is 297 g/mol. The highest BCUT2D eigenvalue weighted by Crippen LogP contribution is 2.44. The molecule has 2 atom stereocenters. The van der Waals surface area contributed by atoms with E-state index in [9.17, 15) is 0 Å². The van der Waals surface area contributed by atoms with Crippen LogP contribution in [0.4, 0.5) is 5.82 Å². The molecule has 4 nitrogen and oxygen atoms in total. The molecule has 0 radical (unpaired) electrons. The van der Waals surface area contributed by atoms with E-state index < -0.39 is 0 Å². The minimum Gasteiger partial charge on any atom is -0.488 e. The number of ether oxygens (including phenoxy) is 1. The molecule has 0 amide bonds. The highest BCUT2D eigenvalue weighted by molar-refractivity contribution is 5.85. The Labute approximate surface area is 131 Å². The first-order chi connectivity index (χ1) is 8.78. The van der Waals surface area contributed by atoms with Crippen LogP contribution in [0.3, 0.4) is 0 Å². The fourth-order valence-electron chi connectivity index (χ4n) is 4.17. The smallest absolute Gasteiger partial charge is 0.138 e. The monoisotopic (exact) mass is 317 g/mol. The Morgan fingerprint density at radius 3 is 2.35 bits per heavy atom. The summed E-state index contributed by atoms with van der Waals surface area (Å²) in [6, 6.07) is 3.75. The standard InChI is InChI=1S/C14H19N3O.2ClH/c15-13-2-1-12(5-16-13)18-14-10-3-9-4-11(14)8-17(6-9)7-10;;/h1-2,5,9-11,14H,3-4,6-8H2,(H2,15,16);2*1H/t9?,10-,11-,14?;;/m1../s1. The van der Waals surface area contributed by atoms with Gasteiger partial charge < -0.3 is 15.4 Å². The summed E-state index contributed by atoms with van der Waals surface area (Å²) in [6.07, 6.45) is 4.84. The number of hydrogen-bond donors (Lipinski definition) is 1. The van der Waals surface area contributed by atoms with Crippen LogP contribution in [-0.2, 0) is 0 Å². The van der Waals surface area contributed by atoms with Crippen molar-refractivity contribution >= 4 is 30.6 Å². The Bertz CT molecular complexity index is 426. The number of rotatable bonds is 2. The van der Waals surface area contributed by atoms with Crippen LogP contribution in [-0.4, -0.2) is 35.6 Å². The van der Waals surface area contributed by atoms with Crippen molar-refractivity contribution in [1.82, 2.24) is 9.88 Å². The Hall–Kier alpha value is -0.710. The minimum absolute atomic E-state index is 0. The first kappa shape index (κ1) is 15.7. The fraction of sp³-hybridized carbons (Fsp3) is 0.643. The molecule has 112 valence electrons. The van der Waals surface area contributed by atoms with Crippen LogP contribution >= 0.6 is 24.8 Å². The van der Waals surface area contributed by atoms with Crippen LogP contribution in [0.5, 0.6) is 5.75 Å². The van der Waals surface area contributed by atoms with Gasteiger partial charge in [0.15, 0.2) is 0 Å². The molecule has 2 N–H and O–H groups in total. The van der Waals surface area contributed by atoms with Crippen molar-refractivity contribution in [3.05, 3.63) is 18.3 Å². The summed E-state index contributed by atoms with van der Waals surface area (Å²) in [5.41, 5.74) is 5.60. The minimum atomic E-state index is 0. The van der Waals surface area contributed by atoms with E-state index >= 15 is 0 Å². The van der Waals surface area contributed by atoms with Crippen LogP contribution in [0.25, 0.3) is 0 Å². The van der Waals surface area contributed by atoms with Gasteiger partial charge in [0.1, 0.15) is 17.7 Å². The van der Waals surface area contributed by atoms with Crippen LogP contribution < -0.4 is 10.5 Å². The quantitative estimate of drug-likeness (QED) is 0.908. The molecule has 5 rings (SSSR count). The molecule has 4 fully saturated rings. The number of nitrogens with two attached hydrogens (primary N) is 1. The van der Waals surface area contributed by atoms with E-state index in [1.54, 1.807) is 6.20 Å². The Morgan fingerprint density at radius 1 is 1.10 bits per heavy atom. The van der Waals surface area contributed by atoms with E-state index in [1.807, 2.05) is 12.1 Å². The lowest BCUT2D eigenvalue weighted by molar-refractivity contribution is -0.0985. The topological polar surface area (TPSA) is 51.4 Å². The van der Waals surface area contributed by atoms with Crippen LogP contribution in [0.1, 0.15) is 12.8 Å². The average Bonchev–Trinajstić information content (AvgIpc) is 2.35. The highest BCUT2D eigenvalue weighted by Gasteiger charge is 2.48. The summed E-state index contributed by atoms with van der Waals surface area (Å²) in [5.74, 6) is 3.78. The van der Waals surface area contributed by atoms with Gasteiger partial charge in [-0.2, -0.15) is 0 Å². The molecule has 3 saturated heterocycles. The van der Waals surface area contributed by atoms with Gasteiger partial charge in [0.05, 0.1) is 6.20 Å². The number of nitrogens with zero attached hydrogens (tertiary/aromatic N) is 2. The molecule has 3 aliphatic heterocycles. The highest BCUT2D eigenvalue weighted by atomic mass is 35.5. The summed E-state index contributed by atoms with van der Waals surface area (Å²) in [6.45, 7) is 3.77. The van der Waals surface area contributed by atoms with E-state index in [2.05, 4.69) is 9.88 Å². The van der Waals surface area contributed by atoms with Gasteiger partial charge >= 0.3 is 0 Å². The number of piperidine rings is 3. The normalized spacial score (nSPS) is 36.9. The van der Waals surface area contributed by atoms with Gasteiger partial charge in [-0.1, -0.05) is 0 Å². The molecule has 4 heterocycles. The lowest BCUT2D eigenvalue weighted by Gasteiger charge is -2.55. The molecule has 4 aliphatic rings. The van der Waals surface area contributed by atoms with Gasteiger partial charge in [-0.05, 0) is 30.9 Å². The van der Waals surface area contributed by atoms with Gasteiger partial charge in [-0.3, -0.25) is 0 Å². The zero-order valence-corrected chi connectivity index (χ0v) is 12.9. The van der Waals surface area contributed by atoms with E-state index in [0.29, 0.717) is 23.8 Å². The fourth-order valence-corrected chi connectivity index (χ4v) is 4.17. The van der Waals surface area contributed by atoms with Crippen LogP contribution in [0, 0.1) is 17.8 Å². The maximum absolute atomic E-state index is 6.20. The molecule has 6 heteroatoms. The number of hydrogen-bond acceptors (Lipinski definition) is 4. The summed E-state index contributed by atoms with van der Waals surface area (Å²) < 4.78 is 6.20. The number of nitrogen functional groups attached to an aromatic ring is 1. The average molecular weight is 318 g/mol. The Kier molecular flexibility index (Phi) is 4.67. The van der Waals surface area contributed by atoms with Crippen molar-refractivity contribution in [3.8, 4) is 5.75 Å². The molecule has 0 unspecified atom stereocenters. The Morgan fingerprint density at radius 2 is 1.80 bits per heavy atom. The summed E-state index contributed by atoms with van der Waals surface area (Å²) in [7, 11) is 0. The van der Waals surface area contributed by atoms with E-state index in [4.69, 9.17) is 10.5 Å². The second-order valence-corrected chi connectivity index (χ2v) is 6.08. The molecule has 1 aromatic heterocycles.